The van der Waals surface area contributed by atoms with Gasteiger partial charge in [0.25, 0.3) is 0 Å². The third kappa shape index (κ3) is 3.61. The summed E-state index contributed by atoms with van der Waals surface area (Å²) in [6.07, 6.45) is 0.289. The van der Waals surface area contributed by atoms with E-state index in [9.17, 15) is 13.6 Å². The van der Waals surface area contributed by atoms with Crippen LogP contribution in [-0.4, -0.2) is 5.91 Å². The second kappa shape index (κ2) is 5.93. The van der Waals surface area contributed by atoms with Gasteiger partial charge in [-0.3, -0.25) is 4.79 Å². The van der Waals surface area contributed by atoms with Crippen LogP contribution in [-0.2, 0) is 11.2 Å². The smallest absolute Gasteiger partial charge is 0.224 e. The van der Waals surface area contributed by atoms with E-state index in [1.165, 1.54) is 17.4 Å². The van der Waals surface area contributed by atoms with Crippen LogP contribution in [0.5, 0.6) is 0 Å². The van der Waals surface area contributed by atoms with Gasteiger partial charge in [-0.1, -0.05) is 6.07 Å². The molecular weight excluding hydrogens is 268 g/mol. The highest BCUT2D eigenvalue weighted by Gasteiger charge is 2.12. The molecule has 0 saturated carbocycles. The van der Waals surface area contributed by atoms with Gasteiger partial charge >= 0.3 is 0 Å². The van der Waals surface area contributed by atoms with E-state index >= 15 is 0 Å². The van der Waals surface area contributed by atoms with Gasteiger partial charge in [-0.25, -0.2) is 8.78 Å². The van der Waals surface area contributed by atoms with Crippen LogP contribution in [0.1, 0.15) is 24.1 Å². The molecule has 2 nitrogen and oxygen atoms in total. The zero-order valence-electron chi connectivity index (χ0n) is 10.3. The maximum Gasteiger partial charge on any atom is 0.224 e. The van der Waals surface area contributed by atoms with Gasteiger partial charge in [-0.15, -0.1) is 0 Å². The van der Waals surface area contributed by atoms with Gasteiger partial charge in [-0.2, -0.15) is 11.3 Å². The van der Waals surface area contributed by atoms with Gasteiger partial charge in [-0.05, 0) is 47.0 Å². The molecule has 0 aliphatic heterocycles. The SMILES string of the molecule is C[C@H](NC(=O)Cc1ccsc1)c1ccc(F)c(F)c1. The number of nitrogens with one attached hydrogen (secondary N) is 1. The lowest BCUT2D eigenvalue weighted by atomic mass is 10.1. The van der Waals surface area contributed by atoms with Crippen LogP contribution in [0, 0.1) is 11.6 Å². The maximum atomic E-state index is 13.1. The second-order valence-corrected chi connectivity index (χ2v) is 5.05. The summed E-state index contributed by atoms with van der Waals surface area (Å²) in [4.78, 5) is 11.8. The molecule has 1 aromatic heterocycles. The molecule has 1 amide bonds. The van der Waals surface area contributed by atoms with Crippen molar-refractivity contribution in [2.45, 2.75) is 19.4 Å². The fourth-order valence-electron chi connectivity index (χ4n) is 1.74. The lowest BCUT2D eigenvalue weighted by Gasteiger charge is -2.14. The normalized spacial score (nSPS) is 12.2. The zero-order valence-corrected chi connectivity index (χ0v) is 11.1. The van der Waals surface area contributed by atoms with Crippen molar-refractivity contribution in [2.24, 2.45) is 0 Å². The predicted octanol–water partition coefficient (Wildman–Crippen LogP) is 3.45. The van der Waals surface area contributed by atoms with Crippen molar-refractivity contribution in [3.63, 3.8) is 0 Å². The average Bonchev–Trinajstić information content (AvgIpc) is 2.85. The lowest BCUT2D eigenvalue weighted by molar-refractivity contribution is -0.121. The average molecular weight is 281 g/mol. The van der Waals surface area contributed by atoms with Crippen molar-refractivity contribution < 1.29 is 13.6 Å². The van der Waals surface area contributed by atoms with E-state index in [0.29, 0.717) is 5.56 Å². The standard InChI is InChI=1S/C14H13F2NOS/c1-9(11-2-3-12(15)13(16)7-11)17-14(18)6-10-4-5-19-8-10/h2-5,7-9H,6H2,1H3,(H,17,18)/t9-/m0/s1. The monoisotopic (exact) mass is 281 g/mol. The molecule has 1 aromatic carbocycles. The highest BCUT2D eigenvalue weighted by Crippen LogP contribution is 2.16. The van der Waals surface area contributed by atoms with Crippen molar-refractivity contribution >= 4 is 17.2 Å². The number of rotatable bonds is 4. The highest BCUT2D eigenvalue weighted by atomic mass is 32.1. The molecular formula is C14H13F2NOS. The minimum absolute atomic E-state index is 0.143. The van der Waals surface area contributed by atoms with E-state index in [2.05, 4.69) is 5.32 Å². The van der Waals surface area contributed by atoms with Gasteiger partial charge in [0.05, 0.1) is 12.5 Å². The fraction of sp³-hybridized carbons (Fsp3) is 0.214. The second-order valence-electron chi connectivity index (χ2n) is 4.27. The highest BCUT2D eigenvalue weighted by molar-refractivity contribution is 7.07. The molecule has 0 fully saturated rings. The Morgan fingerprint density at radius 2 is 2.11 bits per heavy atom. The summed E-state index contributed by atoms with van der Waals surface area (Å²) in [6, 6.07) is 5.15. The van der Waals surface area contributed by atoms with E-state index in [1.54, 1.807) is 6.92 Å². The molecule has 2 rings (SSSR count). The molecule has 5 heteroatoms. The largest absolute Gasteiger partial charge is 0.349 e. The Kier molecular flexibility index (Phi) is 4.27. The van der Waals surface area contributed by atoms with Crippen LogP contribution in [0.3, 0.4) is 0 Å². The van der Waals surface area contributed by atoms with Gasteiger partial charge in [0.1, 0.15) is 0 Å². The minimum Gasteiger partial charge on any atom is -0.349 e. The van der Waals surface area contributed by atoms with Crippen LogP contribution in [0.4, 0.5) is 8.78 Å². The number of thiophene rings is 1. The molecule has 0 radical (unpaired) electrons. The molecule has 0 saturated heterocycles. The zero-order chi connectivity index (χ0) is 13.8. The summed E-state index contributed by atoms with van der Waals surface area (Å²) in [6.45, 7) is 1.73. The van der Waals surface area contributed by atoms with Crippen LogP contribution in [0.2, 0.25) is 0 Å². The topological polar surface area (TPSA) is 29.1 Å². The van der Waals surface area contributed by atoms with Crippen LogP contribution < -0.4 is 5.32 Å². The van der Waals surface area contributed by atoms with Crippen molar-refractivity contribution in [3.8, 4) is 0 Å². The Labute approximate surface area is 114 Å². The summed E-state index contributed by atoms with van der Waals surface area (Å²) >= 11 is 1.53. The first-order valence-corrected chi connectivity index (χ1v) is 6.76. The van der Waals surface area contributed by atoms with Crippen molar-refractivity contribution in [2.75, 3.05) is 0 Å². The van der Waals surface area contributed by atoms with Crippen molar-refractivity contribution in [1.82, 2.24) is 5.32 Å². The first-order chi connectivity index (χ1) is 9.06. The number of carbonyl (C=O) groups excluding carboxylic acids is 1. The fourth-order valence-corrected chi connectivity index (χ4v) is 2.40. The summed E-state index contributed by atoms with van der Waals surface area (Å²) in [5.74, 6) is -1.94. The molecule has 0 aliphatic carbocycles. The Morgan fingerprint density at radius 1 is 1.32 bits per heavy atom. The summed E-state index contributed by atoms with van der Waals surface area (Å²) in [5.41, 5.74) is 1.48. The molecule has 0 spiro atoms. The number of halogens is 2. The Bertz CT molecular complexity index is 569. The summed E-state index contributed by atoms with van der Waals surface area (Å²) in [7, 11) is 0. The first-order valence-electron chi connectivity index (χ1n) is 5.81. The van der Waals surface area contributed by atoms with E-state index in [0.717, 1.165) is 17.7 Å². The predicted molar refractivity (Wildman–Crippen MR) is 70.9 cm³/mol. The molecule has 1 atom stereocenters. The molecule has 1 heterocycles. The molecule has 0 bridgehead atoms. The minimum atomic E-state index is -0.906. The van der Waals surface area contributed by atoms with Gasteiger partial charge in [0, 0.05) is 0 Å². The van der Waals surface area contributed by atoms with E-state index in [1.807, 2.05) is 16.8 Å². The number of amides is 1. The van der Waals surface area contributed by atoms with Crippen molar-refractivity contribution in [1.29, 1.82) is 0 Å². The number of carbonyl (C=O) groups is 1. The molecule has 0 unspecified atom stereocenters. The van der Waals surface area contributed by atoms with Crippen LogP contribution >= 0.6 is 11.3 Å². The number of benzene rings is 1. The lowest BCUT2D eigenvalue weighted by Crippen LogP contribution is -2.28. The van der Waals surface area contributed by atoms with Crippen LogP contribution in [0.15, 0.2) is 35.0 Å². The molecule has 1 N–H and O–H groups in total. The van der Waals surface area contributed by atoms with Crippen molar-refractivity contribution in [3.05, 3.63) is 57.8 Å². The molecule has 2 aromatic rings. The number of hydrogen-bond acceptors (Lipinski definition) is 2. The van der Waals surface area contributed by atoms with E-state index < -0.39 is 11.6 Å². The van der Waals surface area contributed by atoms with Gasteiger partial charge < -0.3 is 5.32 Å². The first kappa shape index (κ1) is 13.7. The third-order valence-corrected chi connectivity index (χ3v) is 3.50. The molecule has 19 heavy (non-hydrogen) atoms. The van der Waals surface area contributed by atoms with E-state index in [-0.39, 0.29) is 18.4 Å². The maximum absolute atomic E-state index is 13.1. The van der Waals surface area contributed by atoms with Gasteiger partial charge in [0.15, 0.2) is 11.6 Å². The van der Waals surface area contributed by atoms with Gasteiger partial charge in [0.2, 0.25) is 5.91 Å². The number of hydrogen-bond donors (Lipinski definition) is 1. The summed E-state index contributed by atoms with van der Waals surface area (Å²) < 4.78 is 25.9. The Hall–Kier alpha value is -1.75. The third-order valence-electron chi connectivity index (χ3n) is 2.77. The Balaban J connectivity index is 1.98. The quantitative estimate of drug-likeness (QED) is 0.913. The van der Waals surface area contributed by atoms with E-state index in [4.69, 9.17) is 0 Å². The Morgan fingerprint density at radius 3 is 2.74 bits per heavy atom. The van der Waals surface area contributed by atoms with Crippen LogP contribution in [0.25, 0.3) is 0 Å². The summed E-state index contributed by atoms with van der Waals surface area (Å²) in [5, 5.41) is 6.57. The molecule has 100 valence electrons. The molecule has 0 aliphatic rings.